The highest BCUT2D eigenvalue weighted by atomic mass is 32.2. The Bertz CT molecular complexity index is 627. The van der Waals surface area contributed by atoms with Gasteiger partial charge in [-0.15, -0.1) is 0 Å². The first-order chi connectivity index (χ1) is 9.95. The molecule has 2 heterocycles. The third-order valence-corrected chi connectivity index (χ3v) is 5.49. The number of hydrogen-bond donors (Lipinski definition) is 0. The largest absolute Gasteiger partial charge is 0.416 e. The van der Waals surface area contributed by atoms with Gasteiger partial charge in [-0.2, -0.15) is 30.2 Å². The second-order valence-electron chi connectivity index (χ2n) is 5.53. The van der Waals surface area contributed by atoms with E-state index in [2.05, 4.69) is 6.08 Å². The highest BCUT2D eigenvalue weighted by molar-refractivity contribution is 8.00. The van der Waals surface area contributed by atoms with Crippen LogP contribution in [0.5, 0.6) is 0 Å². The van der Waals surface area contributed by atoms with Gasteiger partial charge in [0.05, 0.1) is 17.2 Å². The van der Waals surface area contributed by atoms with Gasteiger partial charge in [0.1, 0.15) is 0 Å². The van der Waals surface area contributed by atoms with E-state index in [1.165, 1.54) is 12.5 Å². The zero-order valence-corrected chi connectivity index (χ0v) is 12.1. The summed E-state index contributed by atoms with van der Waals surface area (Å²) in [6, 6.07) is 5.51. The van der Waals surface area contributed by atoms with Gasteiger partial charge in [-0.25, -0.2) is 0 Å². The normalized spacial score (nSPS) is 25.1. The minimum Gasteiger partial charge on any atom is -0.192 e. The van der Waals surface area contributed by atoms with Gasteiger partial charge in [-0.3, -0.25) is 0 Å². The molecule has 1 aromatic carbocycles. The summed E-state index contributed by atoms with van der Waals surface area (Å²) in [7, 11) is 0. The van der Waals surface area contributed by atoms with Crippen molar-refractivity contribution in [1.82, 2.24) is 0 Å². The van der Waals surface area contributed by atoms with Crippen LogP contribution in [0.3, 0.4) is 0 Å². The summed E-state index contributed by atoms with van der Waals surface area (Å²) < 4.78 is 38.8. The van der Waals surface area contributed by atoms with Gasteiger partial charge < -0.3 is 0 Å². The first kappa shape index (κ1) is 14.5. The molecule has 1 saturated heterocycles. The average molecular weight is 309 g/mol. The van der Waals surface area contributed by atoms with Crippen LogP contribution in [0, 0.1) is 11.3 Å². The molecule has 2 atom stereocenters. The first-order valence-electron chi connectivity index (χ1n) is 6.94. The van der Waals surface area contributed by atoms with Crippen molar-refractivity contribution in [2.45, 2.75) is 42.4 Å². The molecule has 2 aliphatic heterocycles. The molecular formula is C16H14F3NS. The van der Waals surface area contributed by atoms with E-state index in [9.17, 15) is 13.2 Å². The number of nitriles is 1. The van der Waals surface area contributed by atoms with E-state index in [4.69, 9.17) is 5.26 Å². The number of allylic oxidation sites excluding steroid dienone is 1. The lowest BCUT2D eigenvalue weighted by Gasteiger charge is -2.33. The predicted molar refractivity (Wildman–Crippen MR) is 77.8 cm³/mol. The number of alkyl halides is 3. The van der Waals surface area contributed by atoms with Crippen LogP contribution in [0.1, 0.15) is 42.4 Å². The Morgan fingerprint density at radius 2 is 2.00 bits per heavy atom. The van der Waals surface area contributed by atoms with Gasteiger partial charge in [-0.1, -0.05) is 12.5 Å². The molecule has 5 heteroatoms. The minimum absolute atomic E-state index is 0.0733. The molecule has 2 aliphatic rings. The van der Waals surface area contributed by atoms with E-state index >= 15 is 0 Å². The maximum absolute atomic E-state index is 12.9. The number of hydrogen-bond acceptors (Lipinski definition) is 2. The van der Waals surface area contributed by atoms with Crippen molar-refractivity contribution in [1.29, 1.82) is 5.26 Å². The molecule has 1 aromatic rings. The average Bonchev–Trinajstić information content (AvgIpc) is 2.45. The Morgan fingerprint density at radius 3 is 2.67 bits per heavy atom. The van der Waals surface area contributed by atoms with E-state index in [1.54, 1.807) is 6.07 Å². The fourth-order valence-electron chi connectivity index (χ4n) is 3.00. The van der Waals surface area contributed by atoms with Crippen LogP contribution in [0.2, 0.25) is 0 Å². The van der Waals surface area contributed by atoms with Crippen molar-refractivity contribution in [3.05, 3.63) is 41.0 Å². The van der Waals surface area contributed by atoms with Crippen molar-refractivity contribution in [2.24, 2.45) is 0 Å². The fourth-order valence-corrected chi connectivity index (χ4v) is 4.61. The van der Waals surface area contributed by atoms with E-state index in [0.717, 1.165) is 30.9 Å². The van der Waals surface area contributed by atoms with Gasteiger partial charge >= 0.3 is 6.18 Å². The molecule has 110 valence electrons. The molecule has 0 saturated carbocycles. The second kappa shape index (κ2) is 5.42. The molecule has 1 fully saturated rings. The number of rotatable bonds is 1. The van der Waals surface area contributed by atoms with Gasteiger partial charge in [0.2, 0.25) is 0 Å². The zero-order valence-electron chi connectivity index (χ0n) is 11.3. The van der Waals surface area contributed by atoms with Crippen molar-refractivity contribution < 1.29 is 13.2 Å². The maximum atomic E-state index is 12.9. The number of benzene rings is 1. The van der Waals surface area contributed by atoms with Crippen molar-refractivity contribution in [3.8, 4) is 6.07 Å². The monoisotopic (exact) mass is 309 g/mol. The molecule has 21 heavy (non-hydrogen) atoms. The number of fused-ring (bicyclic) bond motifs is 2. The Labute approximate surface area is 125 Å². The summed E-state index contributed by atoms with van der Waals surface area (Å²) >= 11 is 1.93. The summed E-state index contributed by atoms with van der Waals surface area (Å²) in [6.45, 7) is 0. The summed E-state index contributed by atoms with van der Waals surface area (Å²) in [4.78, 5) is 0. The van der Waals surface area contributed by atoms with Gasteiger partial charge in [-0.05, 0) is 48.6 Å². The van der Waals surface area contributed by atoms with Crippen molar-refractivity contribution in [3.63, 3.8) is 0 Å². The van der Waals surface area contributed by atoms with Crippen LogP contribution in [-0.2, 0) is 6.18 Å². The zero-order chi connectivity index (χ0) is 15.0. The maximum Gasteiger partial charge on any atom is 0.416 e. The van der Waals surface area contributed by atoms with Crippen LogP contribution in [0.4, 0.5) is 13.2 Å². The summed E-state index contributed by atoms with van der Waals surface area (Å²) in [5.41, 5.74) is 0.856. The number of thioether (sulfide) groups is 1. The molecule has 0 aromatic heterocycles. The molecule has 0 aliphatic carbocycles. The highest BCUT2D eigenvalue weighted by Crippen LogP contribution is 2.44. The standard InChI is InChI=1S/C16H14F3NS/c17-16(18,19)13-5-10(9-20)4-11(6-13)12-7-14-2-1-3-15(8-12)21-14/h4-7,14-15H,1-3,8H2. The SMILES string of the molecule is N#Cc1cc(C2=CC3CCCC(C2)S3)cc(C(F)(F)F)c1. The Morgan fingerprint density at radius 1 is 1.19 bits per heavy atom. The third kappa shape index (κ3) is 3.11. The Balaban J connectivity index is 2.02. The quantitative estimate of drug-likeness (QED) is 0.727. The summed E-state index contributed by atoms with van der Waals surface area (Å²) in [5, 5.41) is 9.88. The number of halogens is 3. The van der Waals surface area contributed by atoms with Crippen molar-refractivity contribution >= 4 is 17.3 Å². The predicted octanol–water partition coefficient (Wildman–Crippen LogP) is 5.02. The van der Waals surface area contributed by atoms with Crippen LogP contribution >= 0.6 is 11.8 Å². The van der Waals surface area contributed by atoms with E-state index in [-0.39, 0.29) is 5.56 Å². The summed E-state index contributed by atoms with van der Waals surface area (Å²) in [6.07, 6.45) is 1.89. The van der Waals surface area contributed by atoms with Crippen LogP contribution in [-0.4, -0.2) is 10.5 Å². The van der Waals surface area contributed by atoms with Crippen LogP contribution < -0.4 is 0 Å². The van der Waals surface area contributed by atoms with E-state index < -0.39 is 11.7 Å². The van der Waals surface area contributed by atoms with Gasteiger partial charge in [0.25, 0.3) is 0 Å². The third-order valence-electron chi connectivity index (χ3n) is 3.98. The molecule has 2 unspecified atom stereocenters. The Hall–Kier alpha value is -1.41. The highest BCUT2D eigenvalue weighted by Gasteiger charge is 2.32. The fraction of sp³-hybridized carbons (Fsp3) is 0.438. The molecule has 0 N–H and O–H groups in total. The lowest BCUT2D eigenvalue weighted by Crippen LogP contribution is -2.21. The van der Waals surface area contributed by atoms with Crippen LogP contribution in [0.15, 0.2) is 24.3 Å². The van der Waals surface area contributed by atoms with E-state index in [1.807, 2.05) is 17.8 Å². The first-order valence-corrected chi connectivity index (χ1v) is 7.89. The molecule has 1 nitrogen and oxygen atoms in total. The molecular weight excluding hydrogens is 295 g/mol. The molecule has 0 spiro atoms. The minimum atomic E-state index is -4.42. The van der Waals surface area contributed by atoms with E-state index in [0.29, 0.717) is 16.1 Å². The van der Waals surface area contributed by atoms with Crippen molar-refractivity contribution in [2.75, 3.05) is 0 Å². The summed E-state index contributed by atoms with van der Waals surface area (Å²) in [5.74, 6) is 0. The molecule has 0 amide bonds. The molecule has 0 radical (unpaired) electrons. The smallest absolute Gasteiger partial charge is 0.192 e. The van der Waals surface area contributed by atoms with Gasteiger partial charge in [0, 0.05) is 10.5 Å². The second-order valence-corrected chi connectivity index (χ2v) is 7.08. The van der Waals surface area contributed by atoms with Crippen LogP contribution in [0.25, 0.3) is 5.57 Å². The molecule has 3 rings (SSSR count). The van der Waals surface area contributed by atoms with Gasteiger partial charge in [0.15, 0.2) is 0 Å². The Kier molecular flexibility index (Phi) is 3.75. The lowest BCUT2D eigenvalue weighted by molar-refractivity contribution is -0.137. The number of nitrogens with zero attached hydrogens (tertiary/aromatic N) is 1. The lowest BCUT2D eigenvalue weighted by atomic mass is 9.91. The topological polar surface area (TPSA) is 23.8 Å². The molecule has 2 bridgehead atoms.